The molecule has 5 rings (SSSR count). The van der Waals surface area contributed by atoms with Gasteiger partial charge < -0.3 is 13.9 Å². The number of hydrogen-bond donors (Lipinski definition) is 0. The number of furan rings is 1. The molecule has 7 nitrogen and oxygen atoms in total. The number of rotatable bonds is 7. The third-order valence-corrected chi connectivity index (χ3v) is 5.98. The molecule has 0 saturated heterocycles. The van der Waals surface area contributed by atoms with Crippen LogP contribution in [0.15, 0.2) is 81.0 Å². The molecular formula is C30H28ClN3O4. The van der Waals surface area contributed by atoms with Crippen LogP contribution in [0.3, 0.4) is 0 Å². The molecule has 0 radical (unpaired) electrons. The molecule has 0 spiro atoms. The van der Waals surface area contributed by atoms with E-state index < -0.39 is 0 Å². The monoisotopic (exact) mass is 529 g/mol. The number of benzene rings is 3. The van der Waals surface area contributed by atoms with Gasteiger partial charge in [0.25, 0.3) is 5.56 Å². The zero-order chi connectivity index (χ0) is 26.9. The van der Waals surface area contributed by atoms with Gasteiger partial charge in [0.05, 0.1) is 35.4 Å². The van der Waals surface area contributed by atoms with E-state index >= 15 is 0 Å². The highest BCUT2D eigenvalue weighted by molar-refractivity contribution is 6.32. The van der Waals surface area contributed by atoms with Crippen molar-refractivity contribution in [3.05, 3.63) is 87.7 Å². The Balaban J connectivity index is 1.61. The SMILES string of the molecule is CCOc1cc(C=Nn2c(-c3cc4ccccc4o3)nc3ccccc3c2=O)cc(Cl)c1OCC(C)(C)C. The smallest absolute Gasteiger partial charge is 0.282 e. The van der Waals surface area contributed by atoms with Gasteiger partial charge in [0.1, 0.15) is 5.58 Å². The van der Waals surface area contributed by atoms with Gasteiger partial charge in [-0.25, -0.2) is 4.98 Å². The molecule has 3 aromatic carbocycles. The van der Waals surface area contributed by atoms with E-state index in [1.165, 1.54) is 4.68 Å². The summed E-state index contributed by atoms with van der Waals surface area (Å²) in [5.41, 5.74) is 1.52. The van der Waals surface area contributed by atoms with Gasteiger partial charge >= 0.3 is 0 Å². The summed E-state index contributed by atoms with van der Waals surface area (Å²) in [6, 6.07) is 20.1. The van der Waals surface area contributed by atoms with Gasteiger partial charge in [-0.05, 0) is 54.3 Å². The van der Waals surface area contributed by atoms with Crippen LogP contribution in [0.2, 0.25) is 5.02 Å². The van der Waals surface area contributed by atoms with Gasteiger partial charge in [-0.1, -0.05) is 62.7 Å². The Bertz CT molecular complexity index is 1680. The third-order valence-electron chi connectivity index (χ3n) is 5.70. The first-order valence-corrected chi connectivity index (χ1v) is 12.8. The van der Waals surface area contributed by atoms with Crippen LogP contribution in [0.5, 0.6) is 11.5 Å². The zero-order valence-electron chi connectivity index (χ0n) is 21.7. The molecule has 0 aliphatic carbocycles. The molecule has 0 N–H and O–H groups in total. The van der Waals surface area contributed by atoms with E-state index in [0.29, 0.717) is 63.4 Å². The molecule has 0 amide bonds. The molecule has 8 heteroatoms. The summed E-state index contributed by atoms with van der Waals surface area (Å²) in [5, 5.41) is 6.27. The number of hydrogen-bond acceptors (Lipinski definition) is 6. The van der Waals surface area contributed by atoms with Gasteiger partial charge in [-0.2, -0.15) is 9.78 Å². The first-order chi connectivity index (χ1) is 18.2. The van der Waals surface area contributed by atoms with Crippen LogP contribution in [0, 0.1) is 5.41 Å². The minimum atomic E-state index is -0.316. The molecule has 0 atom stereocenters. The molecule has 0 aliphatic heterocycles. The van der Waals surface area contributed by atoms with Crippen LogP contribution < -0.4 is 15.0 Å². The Labute approximate surface area is 225 Å². The van der Waals surface area contributed by atoms with Crippen molar-refractivity contribution >= 4 is 39.7 Å². The molecule has 2 aromatic heterocycles. The Morgan fingerprint density at radius 1 is 1.05 bits per heavy atom. The van der Waals surface area contributed by atoms with Gasteiger partial charge in [-0.15, -0.1) is 0 Å². The van der Waals surface area contributed by atoms with Gasteiger partial charge in [0.2, 0.25) is 5.82 Å². The molecule has 0 saturated carbocycles. The number of aromatic nitrogens is 2. The lowest BCUT2D eigenvalue weighted by atomic mass is 9.99. The predicted molar refractivity (Wildman–Crippen MR) is 152 cm³/mol. The van der Waals surface area contributed by atoms with Crippen LogP contribution in [0.4, 0.5) is 0 Å². The van der Waals surface area contributed by atoms with Crippen molar-refractivity contribution < 1.29 is 13.9 Å². The van der Waals surface area contributed by atoms with E-state index in [1.807, 2.05) is 43.3 Å². The highest BCUT2D eigenvalue weighted by Crippen LogP contribution is 2.37. The summed E-state index contributed by atoms with van der Waals surface area (Å²) in [6.45, 7) is 9.04. The molecule has 0 bridgehead atoms. The predicted octanol–water partition coefficient (Wildman–Crippen LogP) is 7.17. The van der Waals surface area contributed by atoms with Crippen molar-refractivity contribution in [3.8, 4) is 23.1 Å². The maximum Gasteiger partial charge on any atom is 0.282 e. The van der Waals surface area contributed by atoms with Crippen LogP contribution >= 0.6 is 11.6 Å². The third kappa shape index (κ3) is 5.29. The van der Waals surface area contributed by atoms with Crippen LogP contribution in [0.25, 0.3) is 33.5 Å². The van der Waals surface area contributed by atoms with E-state index in [2.05, 4.69) is 25.9 Å². The lowest BCUT2D eigenvalue weighted by Crippen LogP contribution is -2.20. The summed E-state index contributed by atoms with van der Waals surface area (Å²) >= 11 is 6.60. The summed E-state index contributed by atoms with van der Waals surface area (Å²) in [4.78, 5) is 18.2. The topological polar surface area (TPSA) is 78.9 Å². The Kier molecular flexibility index (Phi) is 6.95. The van der Waals surface area contributed by atoms with Crippen LogP contribution in [-0.2, 0) is 0 Å². The second kappa shape index (κ2) is 10.3. The molecule has 5 aromatic rings. The Morgan fingerprint density at radius 3 is 2.58 bits per heavy atom. The van der Waals surface area contributed by atoms with Crippen LogP contribution in [-0.4, -0.2) is 29.1 Å². The number of ether oxygens (including phenoxy) is 2. The lowest BCUT2D eigenvalue weighted by molar-refractivity contribution is 0.189. The Morgan fingerprint density at radius 2 is 1.82 bits per heavy atom. The van der Waals surface area contributed by atoms with Gasteiger partial charge in [0.15, 0.2) is 17.3 Å². The van der Waals surface area contributed by atoms with E-state index in [-0.39, 0.29) is 11.0 Å². The number of halogens is 1. The zero-order valence-corrected chi connectivity index (χ0v) is 22.5. The van der Waals surface area contributed by atoms with Crippen molar-refractivity contribution in [2.24, 2.45) is 10.5 Å². The van der Waals surface area contributed by atoms with Crippen LogP contribution in [0.1, 0.15) is 33.3 Å². The van der Waals surface area contributed by atoms with Crippen molar-refractivity contribution in [1.82, 2.24) is 9.66 Å². The minimum absolute atomic E-state index is 0.0513. The van der Waals surface area contributed by atoms with Crippen molar-refractivity contribution in [2.75, 3.05) is 13.2 Å². The molecule has 38 heavy (non-hydrogen) atoms. The maximum absolute atomic E-state index is 13.5. The fraction of sp³-hybridized carbons (Fsp3) is 0.233. The second-order valence-corrected chi connectivity index (χ2v) is 10.5. The van der Waals surface area contributed by atoms with Crippen molar-refractivity contribution in [3.63, 3.8) is 0 Å². The first kappa shape index (κ1) is 25.5. The minimum Gasteiger partial charge on any atom is -0.490 e. The second-order valence-electron chi connectivity index (χ2n) is 10.1. The molecule has 2 heterocycles. The summed E-state index contributed by atoms with van der Waals surface area (Å²) in [6.07, 6.45) is 1.55. The molecule has 194 valence electrons. The van der Waals surface area contributed by atoms with Gasteiger partial charge in [0, 0.05) is 5.39 Å². The molecule has 0 fully saturated rings. The summed E-state index contributed by atoms with van der Waals surface area (Å²) in [5.74, 6) is 1.72. The first-order valence-electron chi connectivity index (χ1n) is 12.4. The fourth-order valence-corrected chi connectivity index (χ4v) is 4.23. The standard InChI is InChI=1S/C30H28ClN3O4/c1-5-36-25-15-19(14-22(31)27(25)37-18-30(2,3)4)17-32-34-28(26-16-20-10-6-9-13-24(20)38-26)33-23-12-8-7-11-21(23)29(34)35/h6-17H,5,18H2,1-4H3. The van der Waals surface area contributed by atoms with Gasteiger partial charge in [-0.3, -0.25) is 4.79 Å². The Hall–Kier alpha value is -4.10. The highest BCUT2D eigenvalue weighted by Gasteiger charge is 2.18. The van der Waals surface area contributed by atoms with Crippen molar-refractivity contribution in [1.29, 1.82) is 0 Å². The van der Waals surface area contributed by atoms with E-state index in [4.69, 9.17) is 30.5 Å². The number of para-hydroxylation sites is 2. The average molecular weight is 530 g/mol. The summed E-state index contributed by atoms with van der Waals surface area (Å²) in [7, 11) is 0. The lowest BCUT2D eigenvalue weighted by Gasteiger charge is -2.21. The normalized spacial score (nSPS) is 12.0. The molecule has 0 unspecified atom stereocenters. The maximum atomic E-state index is 13.5. The molecule has 0 aliphatic rings. The average Bonchev–Trinajstić information content (AvgIpc) is 3.31. The summed E-state index contributed by atoms with van der Waals surface area (Å²) < 4.78 is 19.1. The van der Waals surface area contributed by atoms with E-state index in [0.717, 1.165) is 5.39 Å². The highest BCUT2D eigenvalue weighted by atomic mass is 35.5. The largest absolute Gasteiger partial charge is 0.490 e. The van der Waals surface area contributed by atoms with E-state index in [9.17, 15) is 4.79 Å². The van der Waals surface area contributed by atoms with E-state index in [1.54, 1.807) is 36.5 Å². The number of fused-ring (bicyclic) bond motifs is 2. The fourth-order valence-electron chi connectivity index (χ4n) is 3.96. The number of nitrogens with zero attached hydrogens (tertiary/aromatic N) is 3. The molecular weight excluding hydrogens is 502 g/mol. The quantitative estimate of drug-likeness (QED) is 0.209. The van der Waals surface area contributed by atoms with Crippen molar-refractivity contribution in [2.45, 2.75) is 27.7 Å².